The minimum Gasteiger partial charge on any atom is -0.508 e. The molecule has 0 spiro atoms. The third-order valence-corrected chi connectivity index (χ3v) is 7.54. The van der Waals surface area contributed by atoms with Gasteiger partial charge in [-0.15, -0.1) is 5.10 Å². The molecule has 5 aromatic rings. The monoisotopic (exact) mass is 625 g/mol. The van der Waals surface area contributed by atoms with Crippen molar-refractivity contribution < 1.29 is 42.6 Å². The molecule has 2 aromatic carbocycles. The first-order chi connectivity index (χ1) is 21.0. The summed E-state index contributed by atoms with van der Waals surface area (Å²) in [7, 11) is -4.71. The Morgan fingerprint density at radius 2 is 1.82 bits per heavy atom. The number of rotatable bonds is 8. The summed E-state index contributed by atoms with van der Waals surface area (Å²) in [6, 6.07) is 11.6. The van der Waals surface area contributed by atoms with E-state index in [2.05, 4.69) is 25.3 Å². The number of carbonyl (C=O) groups is 1. The zero-order valence-corrected chi connectivity index (χ0v) is 23.1. The van der Waals surface area contributed by atoms with Crippen molar-refractivity contribution in [1.29, 1.82) is 0 Å². The summed E-state index contributed by atoms with van der Waals surface area (Å²) in [5.41, 5.74) is 7.16. The summed E-state index contributed by atoms with van der Waals surface area (Å²) in [6.07, 6.45) is -3.12. The molecule has 1 aliphatic rings. The van der Waals surface area contributed by atoms with Crippen LogP contribution in [0.1, 0.15) is 16.6 Å². The highest BCUT2D eigenvalue weighted by atomic mass is 32.2. The number of benzene rings is 2. The van der Waals surface area contributed by atoms with Gasteiger partial charge in [0.2, 0.25) is 0 Å². The number of aliphatic hydroxyl groups is 2. The molecule has 4 atom stereocenters. The van der Waals surface area contributed by atoms with Crippen molar-refractivity contribution in [2.45, 2.75) is 24.5 Å². The number of amides is 1. The molecule has 4 heterocycles. The van der Waals surface area contributed by atoms with Gasteiger partial charge < -0.3 is 30.9 Å². The number of imidazole rings is 1. The molecule has 0 saturated carbocycles. The largest absolute Gasteiger partial charge is 0.508 e. The maximum atomic E-state index is 12.4. The molecule has 228 valence electrons. The van der Waals surface area contributed by atoms with Gasteiger partial charge in [0, 0.05) is 5.56 Å². The van der Waals surface area contributed by atoms with Crippen molar-refractivity contribution in [3.8, 4) is 28.7 Å². The van der Waals surface area contributed by atoms with Gasteiger partial charge in [-0.2, -0.15) is 23.1 Å². The molecule has 1 amide bonds. The molecule has 1 fully saturated rings. The molecular formula is C25H23N9O9S. The zero-order chi connectivity index (χ0) is 31.2. The van der Waals surface area contributed by atoms with E-state index in [0.717, 1.165) is 0 Å². The van der Waals surface area contributed by atoms with Crippen LogP contribution in [-0.4, -0.2) is 94.2 Å². The van der Waals surface area contributed by atoms with Crippen LogP contribution < -0.4 is 10.5 Å². The highest BCUT2D eigenvalue weighted by Gasteiger charge is 2.45. The number of hydrogen-bond donors (Lipinski definition) is 6. The SMILES string of the molecule is Nc1nc(-n2cc(-c3ccc(O)cc3)nn2)nc2c1ncn2[C@@H]1O[C@H](COS(=O)(=O)NC(=O)c2ccccc2O)[C@@H](O)[C@H]1O. The number of nitrogens with one attached hydrogen (secondary N) is 1. The average molecular weight is 626 g/mol. The number of hydrogen-bond acceptors (Lipinski definition) is 15. The number of nitrogens with zero attached hydrogens (tertiary/aromatic N) is 7. The summed E-state index contributed by atoms with van der Waals surface area (Å²) < 4.78 is 39.5. The maximum absolute atomic E-state index is 12.4. The summed E-state index contributed by atoms with van der Waals surface area (Å²) in [5, 5.41) is 48.8. The fourth-order valence-electron chi connectivity index (χ4n) is 4.46. The smallest absolute Gasteiger partial charge is 0.362 e. The van der Waals surface area contributed by atoms with Crippen LogP contribution in [0.3, 0.4) is 0 Å². The molecule has 3 aromatic heterocycles. The second kappa shape index (κ2) is 11.1. The first-order valence-electron chi connectivity index (χ1n) is 12.7. The second-order valence-electron chi connectivity index (χ2n) is 9.56. The number of aliphatic hydroxyl groups excluding tert-OH is 2. The molecule has 1 saturated heterocycles. The van der Waals surface area contributed by atoms with E-state index in [4.69, 9.17) is 14.7 Å². The minimum atomic E-state index is -4.71. The number of phenols is 2. The number of para-hydroxylation sites is 1. The predicted molar refractivity (Wildman–Crippen MR) is 148 cm³/mol. The van der Waals surface area contributed by atoms with E-state index in [9.17, 15) is 33.6 Å². The number of nitrogens with two attached hydrogens (primary N) is 1. The molecular weight excluding hydrogens is 602 g/mol. The molecule has 0 unspecified atom stereocenters. The summed E-state index contributed by atoms with van der Waals surface area (Å²) >= 11 is 0. The van der Waals surface area contributed by atoms with E-state index < -0.39 is 53.1 Å². The van der Waals surface area contributed by atoms with Crippen LogP contribution in [0.5, 0.6) is 11.5 Å². The molecule has 19 heteroatoms. The van der Waals surface area contributed by atoms with Gasteiger partial charge in [0.05, 0.1) is 24.7 Å². The lowest BCUT2D eigenvalue weighted by Gasteiger charge is -2.16. The zero-order valence-electron chi connectivity index (χ0n) is 22.2. The van der Waals surface area contributed by atoms with Crippen molar-refractivity contribution in [3.63, 3.8) is 0 Å². The highest BCUT2D eigenvalue weighted by Crippen LogP contribution is 2.33. The lowest BCUT2D eigenvalue weighted by Crippen LogP contribution is -2.37. The van der Waals surface area contributed by atoms with E-state index in [0.29, 0.717) is 11.3 Å². The van der Waals surface area contributed by atoms with Crippen LogP contribution >= 0.6 is 0 Å². The first kappa shape index (κ1) is 28.9. The number of ether oxygens (including phenoxy) is 1. The van der Waals surface area contributed by atoms with Gasteiger partial charge in [-0.3, -0.25) is 13.5 Å². The molecule has 1 aliphatic heterocycles. The number of carbonyl (C=O) groups excluding carboxylic acids is 1. The Bertz CT molecular complexity index is 1960. The van der Waals surface area contributed by atoms with E-state index in [1.165, 1.54) is 58.2 Å². The van der Waals surface area contributed by atoms with Gasteiger partial charge in [-0.05, 0) is 36.4 Å². The molecule has 0 radical (unpaired) electrons. The molecule has 6 rings (SSSR count). The van der Waals surface area contributed by atoms with Crippen molar-refractivity contribution in [2.75, 3.05) is 12.3 Å². The first-order valence-corrected chi connectivity index (χ1v) is 14.1. The van der Waals surface area contributed by atoms with Gasteiger partial charge in [-0.25, -0.2) is 9.71 Å². The Hall–Kier alpha value is -5.21. The Morgan fingerprint density at radius 3 is 2.57 bits per heavy atom. The fraction of sp³-hybridized carbons (Fsp3) is 0.200. The van der Waals surface area contributed by atoms with Crippen molar-refractivity contribution in [2.24, 2.45) is 0 Å². The quantitative estimate of drug-likeness (QED) is 0.125. The minimum absolute atomic E-state index is 0.00603. The second-order valence-corrected chi connectivity index (χ2v) is 10.9. The van der Waals surface area contributed by atoms with E-state index in [-0.39, 0.29) is 34.2 Å². The third-order valence-electron chi connectivity index (χ3n) is 6.66. The Labute approximate surface area is 247 Å². The molecule has 44 heavy (non-hydrogen) atoms. The normalized spacial score (nSPS) is 20.2. The lowest BCUT2D eigenvalue weighted by atomic mass is 10.1. The number of aromatic hydroxyl groups is 2. The number of nitrogen functional groups attached to an aromatic ring is 1. The van der Waals surface area contributed by atoms with Crippen LogP contribution in [0, 0.1) is 0 Å². The Balaban J connectivity index is 1.20. The average Bonchev–Trinajstić information content (AvgIpc) is 3.71. The molecule has 0 bridgehead atoms. The third kappa shape index (κ3) is 5.47. The number of phenolic OH excluding ortho intramolecular Hbond substituents is 2. The van der Waals surface area contributed by atoms with Gasteiger partial charge in [0.25, 0.3) is 11.9 Å². The lowest BCUT2D eigenvalue weighted by molar-refractivity contribution is -0.0468. The van der Waals surface area contributed by atoms with E-state index >= 15 is 0 Å². The van der Waals surface area contributed by atoms with Crippen LogP contribution in [0.2, 0.25) is 0 Å². The Kier molecular flexibility index (Phi) is 7.31. The predicted octanol–water partition coefficient (Wildman–Crippen LogP) is -0.622. The fourth-order valence-corrected chi connectivity index (χ4v) is 5.17. The summed E-state index contributed by atoms with van der Waals surface area (Å²) in [4.78, 5) is 25.1. The van der Waals surface area contributed by atoms with Crippen LogP contribution in [-0.2, 0) is 19.2 Å². The van der Waals surface area contributed by atoms with E-state index in [1.807, 2.05) is 0 Å². The Morgan fingerprint density at radius 1 is 1.07 bits per heavy atom. The number of aromatic nitrogens is 7. The van der Waals surface area contributed by atoms with Gasteiger partial charge in [0.15, 0.2) is 17.7 Å². The molecule has 0 aliphatic carbocycles. The van der Waals surface area contributed by atoms with Gasteiger partial charge in [-0.1, -0.05) is 17.3 Å². The van der Waals surface area contributed by atoms with Crippen molar-refractivity contribution in [3.05, 3.63) is 66.6 Å². The topological polar surface area (TPSA) is 263 Å². The number of anilines is 1. The van der Waals surface area contributed by atoms with Gasteiger partial charge in [0.1, 0.15) is 41.0 Å². The van der Waals surface area contributed by atoms with Crippen LogP contribution in [0.4, 0.5) is 5.82 Å². The van der Waals surface area contributed by atoms with Crippen molar-refractivity contribution >= 4 is 33.2 Å². The maximum Gasteiger partial charge on any atom is 0.362 e. The van der Waals surface area contributed by atoms with Crippen LogP contribution in [0.25, 0.3) is 28.4 Å². The standard InChI is InChI=1S/C25H23N9O9S/c26-21-18-22(29-25(28-21)34-9-15(30-32-34)12-5-7-13(35)8-6-12)33(11-27-18)24-20(38)19(37)17(43-24)10-42-44(40,41)31-23(39)14-3-1-2-4-16(14)36/h1-9,11,17,19-20,24,35-38H,10H2,(H,31,39)(H2,26,28,29)/t17-,19-,20-,24-/m1/s1. The number of fused-ring (bicyclic) bond motifs is 1. The van der Waals surface area contributed by atoms with Gasteiger partial charge >= 0.3 is 10.3 Å². The van der Waals surface area contributed by atoms with Crippen LogP contribution in [0.15, 0.2) is 61.1 Å². The summed E-state index contributed by atoms with van der Waals surface area (Å²) in [6.45, 7) is -0.786. The molecule has 7 N–H and O–H groups in total. The molecule has 18 nitrogen and oxygen atoms in total. The summed E-state index contributed by atoms with van der Waals surface area (Å²) in [5.74, 6) is -1.54. The highest BCUT2D eigenvalue weighted by molar-refractivity contribution is 7.85. The van der Waals surface area contributed by atoms with E-state index in [1.54, 1.807) is 16.9 Å². The van der Waals surface area contributed by atoms with Crippen molar-refractivity contribution in [1.82, 2.24) is 39.2 Å².